The van der Waals surface area contributed by atoms with Crippen LogP contribution in [0, 0.1) is 5.41 Å². The summed E-state index contributed by atoms with van der Waals surface area (Å²) < 4.78 is 0. The molecule has 20 heavy (non-hydrogen) atoms. The molecule has 0 spiro atoms. The molecule has 1 aliphatic rings. The quantitative estimate of drug-likeness (QED) is 0.832. The summed E-state index contributed by atoms with van der Waals surface area (Å²) in [5.41, 5.74) is 9.70. The molecular weight excluding hydrogens is 244 g/mol. The molecule has 2 N–H and O–H groups in total. The first kappa shape index (κ1) is 15.5. The summed E-state index contributed by atoms with van der Waals surface area (Å²) in [6.07, 6.45) is 3.58. The van der Waals surface area contributed by atoms with E-state index in [2.05, 4.69) is 63.9 Å². The minimum absolute atomic E-state index is 0.128. The Labute approximate surface area is 124 Å². The SMILES string of the molecule is CC(N(C)C1CCCc2ccccc2C1N)C(C)(C)C. The van der Waals surface area contributed by atoms with Gasteiger partial charge in [-0.15, -0.1) is 0 Å². The van der Waals surface area contributed by atoms with Crippen molar-refractivity contribution in [2.75, 3.05) is 7.05 Å². The third-order valence-corrected chi connectivity index (χ3v) is 5.16. The summed E-state index contributed by atoms with van der Waals surface area (Å²) in [4.78, 5) is 2.51. The maximum atomic E-state index is 6.63. The number of rotatable bonds is 2. The Morgan fingerprint density at radius 3 is 2.55 bits per heavy atom. The van der Waals surface area contributed by atoms with Gasteiger partial charge in [0.05, 0.1) is 0 Å². The van der Waals surface area contributed by atoms with Crippen LogP contribution in [0.25, 0.3) is 0 Å². The van der Waals surface area contributed by atoms with Crippen LogP contribution in [0.5, 0.6) is 0 Å². The van der Waals surface area contributed by atoms with E-state index in [4.69, 9.17) is 5.73 Å². The fraction of sp³-hybridized carbons (Fsp3) is 0.667. The number of benzene rings is 1. The smallest absolute Gasteiger partial charge is 0.0455 e. The summed E-state index contributed by atoms with van der Waals surface area (Å²) in [6, 6.07) is 9.79. The summed E-state index contributed by atoms with van der Waals surface area (Å²) in [5.74, 6) is 0. The Morgan fingerprint density at radius 2 is 1.90 bits per heavy atom. The Balaban J connectivity index is 2.25. The minimum atomic E-state index is 0.128. The second kappa shape index (κ2) is 5.87. The monoisotopic (exact) mass is 274 g/mol. The molecular formula is C18H30N2. The van der Waals surface area contributed by atoms with Crippen LogP contribution in [-0.2, 0) is 6.42 Å². The van der Waals surface area contributed by atoms with E-state index >= 15 is 0 Å². The number of hydrogen-bond donors (Lipinski definition) is 1. The van der Waals surface area contributed by atoms with Gasteiger partial charge in [0.1, 0.15) is 0 Å². The molecule has 0 fully saturated rings. The molecule has 0 bridgehead atoms. The van der Waals surface area contributed by atoms with Crippen molar-refractivity contribution in [3.63, 3.8) is 0 Å². The van der Waals surface area contributed by atoms with Crippen molar-refractivity contribution in [1.82, 2.24) is 4.90 Å². The molecule has 2 rings (SSSR count). The molecule has 1 aromatic rings. The molecule has 0 aromatic heterocycles. The number of hydrogen-bond acceptors (Lipinski definition) is 2. The van der Waals surface area contributed by atoms with Gasteiger partial charge in [-0.3, -0.25) is 4.90 Å². The zero-order valence-corrected chi connectivity index (χ0v) is 13.7. The van der Waals surface area contributed by atoms with Crippen molar-refractivity contribution in [2.45, 2.75) is 65.1 Å². The first-order valence-electron chi connectivity index (χ1n) is 7.87. The third-order valence-electron chi connectivity index (χ3n) is 5.16. The van der Waals surface area contributed by atoms with Gasteiger partial charge in [0.25, 0.3) is 0 Å². The third kappa shape index (κ3) is 3.07. The fourth-order valence-electron chi connectivity index (χ4n) is 3.33. The van der Waals surface area contributed by atoms with Crippen LogP contribution in [0.1, 0.15) is 57.7 Å². The van der Waals surface area contributed by atoms with Gasteiger partial charge in [0.2, 0.25) is 0 Å². The fourth-order valence-corrected chi connectivity index (χ4v) is 3.33. The second-order valence-corrected chi connectivity index (χ2v) is 7.39. The Morgan fingerprint density at radius 1 is 1.25 bits per heavy atom. The van der Waals surface area contributed by atoms with Crippen LogP contribution in [-0.4, -0.2) is 24.0 Å². The van der Waals surface area contributed by atoms with E-state index in [0.29, 0.717) is 12.1 Å². The van der Waals surface area contributed by atoms with Gasteiger partial charge in [-0.05, 0) is 49.8 Å². The molecule has 112 valence electrons. The predicted molar refractivity (Wildman–Crippen MR) is 86.8 cm³/mol. The Hall–Kier alpha value is -0.860. The molecule has 3 unspecified atom stereocenters. The zero-order valence-electron chi connectivity index (χ0n) is 13.7. The molecule has 1 aliphatic carbocycles. The highest BCUT2D eigenvalue weighted by Crippen LogP contribution is 2.33. The van der Waals surface area contributed by atoms with E-state index in [0.717, 1.165) is 6.42 Å². The largest absolute Gasteiger partial charge is 0.323 e. The van der Waals surface area contributed by atoms with Crippen molar-refractivity contribution < 1.29 is 0 Å². The molecule has 2 nitrogen and oxygen atoms in total. The molecule has 1 aromatic carbocycles. The molecule has 3 atom stereocenters. The number of nitrogens with zero attached hydrogens (tertiary/aromatic N) is 1. The van der Waals surface area contributed by atoms with E-state index in [1.165, 1.54) is 24.0 Å². The standard InChI is InChI=1S/C18H30N2/c1-13(18(2,3)4)20(5)16-12-8-10-14-9-6-7-11-15(14)17(16)19/h6-7,9,11,13,16-17H,8,10,12,19H2,1-5H3. The van der Waals surface area contributed by atoms with Crippen LogP contribution in [0.4, 0.5) is 0 Å². The molecule has 0 saturated carbocycles. The van der Waals surface area contributed by atoms with Crippen molar-refractivity contribution in [2.24, 2.45) is 11.1 Å². The lowest BCUT2D eigenvalue weighted by Crippen LogP contribution is -2.49. The number of fused-ring (bicyclic) bond motifs is 1. The molecule has 0 saturated heterocycles. The Kier molecular flexibility index (Phi) is 4.55. The van der Waals surface area contributed by atoms with Gasteiger partial charge in [-0.2, -0.15) is 0 Å². The van der Waals surface area contributed by atoms with Gasteiger partial charge < -0.3 is 5.73 Å². The first-order valence-corrected chi connectivity index (χ1v) is 7.87. The lowest BCUT2D eigenvalue weighted by atomic mass is 9.85. The summed E-state index contributed by atoms with van der Waals surface area (Å²) >= 11 is 0. The number of likely N-dealkylation sites (N-methyl/N-ethyl adjacent to an activating group) is 1. The van der Waals surface area contributed by atoms with Crippen molar-refractivity contribution in [1.29, 1.82) is 0 Å². The molecule has 0 radical (unpaired) electrons. The van der Waals surface area contributed by atoms with Crippen LogP contribution < -0.4 is 5.73 Å². The van der Waals surface area contributed by atoms with Crippen LogP contribution in [0.2, 0.25) is 0 Å². The van der Waals surface area contributed by atoms with Crippen molar-refractivity contribution in [3.05, 3.63) is 35.4 Å². The number of nitrogens with two attached hydrogens (primary N) is 1. The van der Waals surface area contributed by atoms with Gasteiger partial charge in [0.15, 0.2) is 0 Å². The van der Waals surface area contributed by atoms with Crippen molar-refractivity contribution in [3.8, 4) is 0 Å². The predicted octanol–water partition coefficient (Wildman–Crippen LogP) is 3.76. The minimum Gasteiger partial charge on any atom is -0.323 e. The van der Waals surface area contributed by atoms with Crippen LogP contribution >= 0.6 is 0 Å². The van der Waals surface area contributed by atoms with E-state index < -0.39 is 0 Å². The number of aryl methyl sites for hydroxylation is 1. The van der Waals surface area contributed by atoms with Gasteiger partial charge >= 0.3 is 0 Å². The highest BCUT2D eigenvalue weighted by molar-refractivity contribution is 5.32. The molecule has 2 heteroatoms. The maximum absolute atomic E-state index is 6.63. The zero-order chi connectivity index (χ0) is 14.9. The molecule has 0 aliphatic heterocycles. The van der Waals surface area contributed by atoms with Gasteiger partial charge in [-0.25, -0.2) is 0 Å². The summed E-state index contributed by atoms with van der Waals surface area (Å²) in [6.45, 7) is 9.25. The first-order chi connectivity index (χ1) is 9.32. The van der Waals surface area contributed by atoms with Crippen LogP contribution in [0.15, 0.2) is 24.3 Å². The summed E-state index contributed by atoms with van der Waals surface area (Å²) in [7, 11) is 2.24. The highest BCUT2D eigenvalue weighted by Gasteiger charge is 2.33. The van der Waals surface area contributed by atoms with Gasteiger partial charge in [0, 0.05) is 18.1 Å². The highest BCUT2D eigenvalue weighted by atomic mass is 15.2. The average molecular weight is 274 g/mol. The molecule has 0 heterocycles. The van der Waals surface area contributed by atoms with E-state index in [9.17, 15) is 0 Å². The summed E-state index contributed by atoms with van der Waals surface area (Å²) in [5, 5.41) is 0. The average Bonchev–Trinajstić information content (AvgIpc) is 2.56. The normalized spacial score (nSPS) is 25.1. The topological polar surface area (TPSA) is 29.3 Å². The van der Waals surface area contributed by atoms with Gasteiger partial charge in [-0.1, -0.05) is 45.0 Å². The van der Waals surface area contributed by atoms with E-state index in [1.54, 1.807) is 0 Å². The van der Waals surface area contributed by atoms with Crippen molar-refractivity contribution >= 4 is 0 Å². The van der Waals surface area contributed by atoms with E-state index in [-0.39, 0.29) is 11.5 Å². The Bertz CT molecular complexity index is 447. The van der Waals surface area contributed by atoms with E-state index in [1.807, 2.05) is 0 Å². The lowest BCUT2D eigenvalue weighted by Gasteiger charge is -2.42. The lowest BCUT2D eigenvalue weighted by molar-refractivity contribution is 0.0800. The molecule has 0 amide bonds. The second-order valence-electron chi connectivity index (χ2n) is 7.39. The maximum Gasteiger partial charge on any atom is 0.0455 e. The van der Waals surface area contributed by atoms with Crippen LogP contribution in [0.3, 0.4) is 0 Å².